The molecule has 0 spiro atoms. The second-order valence-corrected chi connectivity index (χ2v) is 6.36. The van der Waals surface area contributed by atoms with Crippen LogP contribution in [0.5, 0.6) is 0 Å². The van der Waals surface area contributed by atoms with Crippen molar-refractivity contribution in [1.82, 2.24) is 5.32 Å². The Balaban J connectivity index is 1.89. The molecule has 1 fully saturated rings. The van der Waals surface area contributed by atoms with E-state index >= 15 is 0 Å². The smallest absolute Gasteiger partial charge is 0.269 e. The second kappa shape index (κ2) is 6.54. The van der Waals surface area contributed by atoms with Crippen LogP contribution in [0.15, 0.2) is 24.3 Å². The summed E-state index contributed by atoms with van der Waals surface area (Å²) < 4.78 is 0. The Hall–Kier alpha value is -1.46. The highest BCUT2D eigenvalue weighted by Gasteiger charge is 2.31. The van der Waals surface area contributed by atoms with Crippen molar-refractivity contribution in [2.75, 3.05) is 6.54 Å². The van der Waals surface area contributed by atoms with Crippen molar-refractivity contribution in [3.05, 3.63) is 39.9 Å². The van der Waals surface area contributed by atoms with Gasteiger partial charge in [-0.1, -0.05) is 19.1 Å². The third-order valence-corrected chi connectivity index (χ3v) is 4.55. The summed E-state index contributed by atoms with van der Waals surface area (Å²) in [6.07, 6.45) is 3.83. The maximum Gasteiger partial charge on any atom is 0.269 e. The Morgan fingerprint density at radius 2 is 1.95 bits per heavy atom. The van der Waals surface area contributed by atoms with Crippen LogP contribution in [0, 0.1) is 16.0 Å². The number of aliphatic hydroxyl groups is 1. The van der Waals surface area contributed by atoms with Crippen LogP contribution in [0.3, 0.4) is 0 Å². The molecule has 2 rings (SSSR count). The number of rotatable bonds is 5. The summed E-state index contributed by atoms with van der Waals surface area (Å²) in [7, 11) is 0. The molecule has 1 atom stereocenters. The SMILES string of the molecule is CC1CCC(O)(CNC(C)c2ccc([N+](=O)[O-])cc2)CC1. The lowest BCUT2D eigenvalue weighted by molar-refractivity contribution is -0.384. The molecule has 5 heteroatoms. The Morgan fingerprint density at radius 1 is 1.38 bits per heavy atom. The molecule has 0 aromatic heterocycles. The molecular weight excluding hydrogens is 268 g/mol. The van der Waals surface area contributed by atoms with Crippen LogP contribution in [-0.4, -0.2) is 22.2 Å². The zero-order valence-electron chi connectivity index (χ0n) is 12.7. The fraction of sp³-hybridized carbons (Fsp3) is 0.625. The zero-order chi connectivity index (χ0) is 15.5. The van der Waals surface area contributed by atoms with Gasteiger partial charge in [0.15, 0.2) is 0 Å². The lowest BCUT2D eigenvalue weighted by Gasteiger charge is -2.36. The van der Waals surface area contributed by atoms with Crippen LogP contribution in [0.25, 0.3) is 0 Å². The fourth-order valence-electron chi connectivity index (χ4n) is 2.82. The van der Waals surface area contributed by atoms with E-state index in [1.54, 1.807) is 12.1 Å². The van der Waals surface area contributed by atoms with Crippen LogP contribution in [0.1, 0.15) is 51.1 Å². The van der Waals surface area contributed by atoms with E-state index in [1.807, 2.05) is 6.92 Å². The lowest BCUT2D eigenvalue weighted by Crippen LogP contribution is -2.44. The largest absolute Gasteiger partial charge is 0.389 e. The van der Waals surface area contributed by atoms with E-state index in [0.717, 1.165) is 31.2 Å². The molecule has 21 heavy (non-hydrogen) atoms. The molecule has 0 bridgehead atoms. The van der Waals surface area contributed by atoms with Crippen LogP contribution in [-0.2, 0) is 0 Å². The Morgan fingerprint density at radius 3 is 2.48 bits per heavy atom. The number of benzene rings is 1. The highest BCUT2D eigenvalue weighted by molar-refractivity contribution is 5.34. The third kappa shape index (κ3) is 4.25. The van der Waals surface area contributed by atoms with Gasteiger partial charge in [0.05, 0.1) is 10.5 Å². The summed E-state index contributed by atoms with van der Waals surface area (Å²) in [5.74, 6) is 0.706. The number of nitrogens with zero attached hydrogens (tertiary/aromatic N) is 1. The number of nitro benzene ring substituents is 1. The van der Waals surface area contributed by atoms with Gasteiger partial charge in [0.2, 0.25) is 0 Å². The molecule has 0 radical (unpaired) electrons. The van der Waals surface area contributed by atoms with Crippen molar-refractivity contribution >= 4 is 5.69 Å². The summed E-state index contributed by atoms with van der Waals surface area (Å²) in [5, 5.41) is 24.5. The normalized spacial score (nSPS) is 27.3. The molecular formula is C16H24N2O3. The summed E-state index contributed by atoms with van der Waals surface area (Å²) in [4.78, 5) is 10.2. The maximum absolute atomic E-state index is 10.6. The van der Waals surface area contributed by atoms with E-state index in [1.165, 1.54) is 12.1 Å². The third-order valence-electron chi connectivity index (χ3n) is 4.55. The predicted octanol–water partition coefficient (Wildman–Crippen LogP) is 3.19. The predicted molar refractivity (Wildman–Crippen MR) is 82.1 cm³/mol. The van der Waals surface area contributed by atoms with Crippen molar-refractivity contribution < 1.29 is 10.0 Å². The minimum atomic E-state index is -0.610. The van der Waals surface area contributed by atoms with Gasteiger partial charge in [-0.2, -0.15) is 0 Å². The van der Waals surface area contributed by atoms with Gasteiger partial charge in [-0.15, -0.1) is 0 Å². The topological polar surface area (TPSA) is 75.4 Å². The molecule has 1 unspecified atom stereocenters. The van der Waals surface area contributed by atoms with Crippen LogP contribution < -0.4 is 5.32 Å². The number of hydrogen-bond donors (Lipinski definition) is 2. The van der Waals surface area contributed by atoms with Crippen molar-refractivity contribution in [2.45, 2.75) is 51.2 Å². The first kappa shape index (κ1) is 15.9. The molecule has 1 saturated carbocycles. The van der Waals surface area contributed by atoms with Crippen molar-refractivity contribution in [1.29, 1.82) is 0 Å². The summed E-state index contributed by atoms with van der Waals surface area (Å²) in [6, 6.07) is 6.63. The van der Waals surface area contributed by atoms with Crippen LogP contribution in [0.4, 0.5) is 5.69 Å². The molecule has 0 amide bonds. The number of nitrogens with one attached hydrogen (secondary N) is 1. The minimum Gasteiger partial charge on any atom is -0.389 e. The molecule has 0 aliphatic heterocycles. The minimum absolute atomic E-state index is 0.0641. The van der Waals surface area contributed by atoms with E-state index < -0.39 is 10.5 Å². The molecule has 116 valence electrons. The molecule has 5 nitrogen and oxygen atoms in total. The van der Waals surface area contributed by atoms with Gasteiger partial charge in [0.1, 0.15) is 0 Å². The first-order chi connectivity index (χ1) is 9.89. The van der Waals surface area contributed by atoms with E-state index in [-0.39, 0.29) is 11.7 Å². The molecule has 0 heterocycles. The standard InChI is InChI=1S/C16H24N2O3/c1-12-7-9-16(19,10-8-12)11-17-13(2)14-3-5-15(6-4-14)18(20)21/h3-6,12-13,17,19H,7-11H2,1-2H3. The molecule has 1 aromatic rings. The lowest BCUT2D eigenvalue weighted by atomic mass is 9.79. The molecule has 0 saturated heterocycles. The molecule has 1 aromatic carbocycles. The summed E-state index contributed by atoms with van der Waals surface area (Å²) in [6.45, 7) is 4.81. The van der Waals surface area contributed by atoms with Gasteiger partial charge < -0.3 is 10.4 Å². The number of non-ortho nitro benzene ring substituents is 1. The average molecular weight is 292 g/mol. The average Bonchev–Trinajstić information content (AvgIpc) is 2.48. The summed E-state index contributed by atoms with van der Waals surface area (Å²) in [5.41, 5.74) is 0.487. The maximum atomic E-state index is 10.6. The molecule has 1 aliphatic carbocycles. The Kier molecular flexibility index (Phi) is 4.96. The molecule has 1 aliphatic rings. The van der Waals surface area contributed by atoms with Crippen LogP contribution in [0.2, 0.25) is 0 Å². The van der Waals surface area contributed by atoms with E-state index in [0.29, 0.717) is 12.5 Å². The van der Waals surface area contributed by atoms with E-state index in [4.69, 9.17) is 0 Å². The Bertz CT molecular complexity index is 479. The zero-order valence-corrected chi connectivity index (χ0v) is 12.7. The number of nitro groups is 1. The first-order valence-electron chi connectivity index (χ1n) is 7.60. The first-order valence-corrected chi connectivity index (χ1v) is 7.60. The van der Waals surface area contributed by atoms with Crippen molar-refractivity contribution in [3.8, 4) is 0 Å². The van der Waals surface area contributed by atoms with E-state index in [9.17, 15) is 15.2 Å². The van der Waals surface area contributed by atoms with Crippen molar-refractivity contribution in [2.24, 2.45) is 5.92 Å². The van der Waals surface area contributed by atoms with Gasteiger partial charge in [0.25, 0.3) is 5.69 Å². The highest BCUT2D eigenvalue weighted by Crippen LogP contribution is 2.31. The van der Waals surface area contributed by atoms with E-state index in [2.05, 4.69) is 12.2 Å². The number of hydrogen-bond acceptors (Lipinski definition) is 4. The fourth-order valence-corrected chi connectivity index (χ4v) is 2.82. The second-order valence-electron chi connectivity index (χ2n) is 6.36. The van der Waals surface area contributed by atoms with Gasteiger partial charge >= 0.3 is 0 Å². The van der Waals surface area contributed by atoms with Gasteiger partial charge in [-0.05, 0) is 44.1 Å². The Labute approximate surface area is 125 Å². The van der Waals surface area contributed by atoms with Gasteiger partial charge in [-0.25, -0.2) is 0 Å². The summed E-state index contributed by atoms with van der Waals surface area (Å²) >= 11 is 0. The van der Waals surface area contributed by atoms with Gasteiger partial charge in [0, 0.05) is 24.7 Å². The van der Waals surface area contributed by atoms with Crippen LogP contribution >= 0.6 is 0 Å². The molecule has 2 N–H and O–H groups in total. The monoisotopic (exact) mass is 292 g/mol. The quantitative estimate of drug-likeness (QED) is 0.645. The van der Waals surface area contributed by atoms with Gasteiger partial charge in [-0.3, -0.25) is 10.1 Å². The van der Waals surface area contributed by atoms with Crippen molar-refractivity contribution in [3.63, 3.8) is 0 Å². The highest BCUT2D eigenvalue weighted by atomic mass is 16.6.